The van der Waals surface area contributed by atoms with Gasteiger partial charge in [0.2, 0.25) is 0 Å². The highest BCUT2D eigenvalue weighted by molar-refractivity contribution is 4.86. The number of aliphatic hydroxyl groups is 3. The van der Waals surface area contributed by atoms with Gasteiger partial charge in [0.1, 0.15) is 24.4 Å². The van der Waals surface area contributed by atoms with Gasteiger partial charge in [-0.3, -0.25) is 0 Å². The first-order chi connectivity index (χ1) is 14.2. The van der Waals surface area contributed by atoms with Crippen LogP contribution in [0.2, 0.25) is 0 Å². The third-order valence-corrected chi connectivity index (χ3v) is 5.69. The molecule has 3 N–H and O–H groups in total. The summed E-state index contributed by atoms with van der Waals surface area (Å²) >= 11 is 0. The Morgan fingerprint density at radius 3 is 1.93 bits per heavy atom. The molecule has 0 bridgehead atoms. The lowest BCUT2D eigenvalue weighted by atomic mass is 10.0. The number of hydrogen-bond donors (Lipinski definition) is 3. The molecule has 0 aliphatic carbocycles. The van der Waals surface area contributed by atoms with Gasteiger partial charge in [0.15, 0.2) is 0 Å². The van der Waals surface area contributed by atoms with Crippen molar-refractivity contribution in [3.8, 4) is 0 Å². The van der Waals surface area contributed by atoms with Crippen LogP contribution in [-0.4, -0.2) is 59.6 Å². The third-order valence-electron chi connectivity index (χ3n) is 5.69. The second-order valence-corrected chi connectivity index (χ2v) is 8.43. The molecule has 5 heteroatoms. The Balaban J connectivity index is 1.79. The summed E-state index contributed by atoms with van der Waals surface area (Å²) in [4.78, 5) is 0. The van der Waals surface area contributed by atoms with Crippen molar-refractivity contribution in [1.82, 2.24) is 0 Å². The SMILES string of the molecule is CCCCCC/C=C/CCCCCCCCCCOC[C@H]1OC[C@H](O)[C@@H](O)[C@@H]1O. The Labute approximate surface area is 178 Å². The average molecular weight is 415 g/mol. The van der Waals surface area contributed by atoms with Crippen LogP contribution in [0.1, 0.15) is 96.8 Å². The fourth-order valence-corrected chi connectivity index (χ4v) is 3.66. The fourth-order valence-electron chi connectivity index (χ4n) is 3.66. The maximum absolute atomic E-state index is 9.83. The molecule has 172 valence electrons. The first-order valence-corrected chi connectivity index (χ1v) is 12.0. The number of unbranched alkanes of at least 4 members (excludes halogenated alkanes) is 12. The molecule has 0 aromatic heterocycles. The molecule has 0 aromatic rings. The Morgan fingerprint density at radius 1 is 0.759 bits per heavy atom. The van der Waals surface area contributed by atoms with Crippen LogP contribution >= 0.6 is 0 Å². The first kappa shape index (κ1) is 26.6. The van der Waals surface area contributed by atoms with Crippen molar-refractivity contribution in [1.29, 1.82) is 0 Å². The molecule has 1 heterocycles. The molecule has 1 fully saturated rings. The normalized spacial score (nSPS) is 25.1. The number of aliphatic hydroxyl groups excluding tert-OH is 3. The van der Waals surface area contributed by atoms with Gasteiger partial charge >= 0.3 is 0 Å². The smallest absolute Gasteiger partial charge is 0.111 e. The van der Waals surface area contributed by atoms with Crippen LogP contribution in [0.3, 0.4) is 0 Å². The number of rotatable bonds is 18. The molecule has 1 rings (SSSR count). The molecule has 0 saturated carbocycles. The Kier molecular flexibility index (Phi) is 16.8. The molecule has 0 radical (unpaired) electrons. The molecule has 1 saturated heterocycles. The molecule has 5 nitrogen and oxygen atoms in total. The molecule has 0 unspecified atom stereocenters. The molecular weight excluding hydrogens is 368 g/mol. The van der Waals surface area contributed by atoms with E-state index in [1.54, 1.807) is 0 Å². The Bertz CT molecular complexity index is 387. The van der Waals surface area contributed by atoms with Crippen molar-refractivity contribution >= 4 is 0 Å². The van der Waals surface area contributed by atoms with Gasteiger partial charge in [0, 0.05) is 6.61 Å². The minimum atomic E-state index is -1.15. The van der Waals surface area contributed by atoms with Crippen LogP contribution in [0.4, 0.5) is 0 Å². The van der Waals surface area contributed by atoms with Gasteiger partial charge in [-0.1, -0.05) is 76.9 Å². The lowest BCUT2D eigenvalue weighted by Crippen LogP contribution is -2.54. The van der Waals surface area contributed by atoms with Gasteiger partial charge in [-0.15, -0.1) is 0 Å². The standard InChI is InChI=1S/C24H46O5/c1-2-3-4-5-6-7-8-9-10-11-12-13-14-15-16-17-18-28-20-22-24(27)23(26)21(25)19-29-22/h7-8,21-27H,2-6,9-20H2,1H3/b8-7+/t21-,22+,23+,24+/m0/s1. The molecule has 0 amide bonds. The summed E-state index contributed by atoms with van der Waals surface area (Å²) in [6.45, 7) is 3.21. The van der Waals surface area contributed by atoms with E-state index in [0.29, 0.717) is 6.61 Å². The van der Waals surface area contributed by atoms with Crippen LogP contribution < -0.4 is 0 Å². The van der Waals surface area contributed by atoms with E-state index in [0.717, 1.165) is 12.8 Å². The summed E-state index contributed by atoms with van der Waals surface area (Å²) in [6, 6.07) is 0. The maximum atomic E-state index is 9.83. The van der Waals surface area contributed by atoms with Gasteiger partial charge in [0.25, 0.3) is 0 Å². The highest BCUT2D eigenvalue weighted by atomic mass is 16.6. The summed E-state index contributed by atoms with van der Waals surface area (Å²) in [5, 5.41) is 28.9. The number of hydrogen-bond acceptors (Lipinski definition) is 5. The zero-order valence-corrected chi connectivity index (χ0v) is 18.6. The first-order valence-electron chi connectivity index (χ1n) is 12.0. The maximum Gasteiger partial charge on any atom is 0.111 e. The van der Waals surface area contributed by atoms with Gasteiger partial charge in [-0.25, -0.2) is 0 Å². The second-order valence-electron chi connectivity index (χ2n) is 8.43. The van der Waals surface area contributed by atoms with Crippen LogP contribution in [0.15, 0.2) is 12.2 Å². The fraction of sp³-hybridized carbons (Fsp3) is 0.917. The second kappa shape index (κ2) is 18.3. The molecular formula is C24H46O5. The van der Waals surface area contributed by atoms with Gasteiger partial charge < -0.3 is 24.8 Å². The summed E-state index contributed by atoms with van der Waals surface area (Å²) in [5.74, 6) is 0. The van der Waals surface area contributed by atoms with Crippen LogP contribution in [0.25, 0.3) is 0 Å². The van der Waals surface area contributed by atoms with E-state index in [9.17, 15) is 15.3 Å². The van der Waals surface area contributed by atoms with E-state index >= 15 is 0 Å². The quantitative estimate of drug-likeness (QED) is 0.227. The zero-order valence-electron chi connectivity index (χ0n) is 18.6. The van der Waals surface area contributed by atoms with Gasteiger partial charge in [0.05, 0.1) is 13.2 Å². The van der Waals surface area contributed by atoms with E-state index in [2.05, 4.69) is 19.1 Å². The molecule has 1 aliphatic rings. The van der Waals surface area contributed by atoms with E-state index in [1.807, 2.05) is 0 Å². The van der Waals surface area contributed by atoms with Crippen molar-refractivity contribution in [3.63, 3.8) is 0 Å². The van der Waals surface area contributed by atoms with Crippen molar-refractivity contribution in [2.45, 2.75) is 121 Å². The van der Waals surface area contributed by atoms with Crippen molar-refractivity contribution in [3.05, 3.63) is 12.2 Å². The monoisotopic (exact) mass is 414 g/mol. The van der Waals surface area contributed by atoms with E-state index in [1.165, 1.54) is 77.0 Å². The van der Waals surface area contributed by atoms with Crippen LogP contribution in [0.5, 0.6) is 0 Å². The van der Waals surface area contributed by atoms with Crippen LogP contribution in [0, 0.1) is 0 Å². The Morgan fingerprint density at radius 2 is 1.31 bits per heavy atom. The summed E-state index contributed by atoms with van der Waals surface area (Å²) in [7, 11) is 0. The largest absolute Gasteiger partial charge is 0.388 e. The zero-order chi connectivity index (χ0) is 21.2. The van der Waals surface area contributed by atoms with Crippen molar-refractivity contribution in [2.24, 2.45) is 0 Å². The topological polar surface area (TPSA) is 79.2 Å². The average Bonchev–Trinajstić information content (AvgIpc) is 2.72. The number of allylic oxidation sites excluding steroid dienone is 2. The molecule has 29 heavy (non-hydrogen) atoms. The predicted molar refractivity (Wildman–Crippen MR) is 118 cm³/mol. The minimum absolute atomic E-state index is 0.0432. The lowest BCUT2D eigenvalue weighted by molar-refractivity contribution is -0.199. The van der Waals surface area contributed by atoms with Crippen molar-refractivity contribution < 1.29 is 24.8 Å². The van der Waals surface area contributed by atoms with E-state index < -0.39 is 24.4 Å². The van der Waals surface area contributed by atoms with Crippen LogP contribution in [-0.2, 0) is 9.47 Å². The number of ether oxygens (including phenoxy) is 2. The van der Waals surface area contributed by atoms with E-state index in [4.69, 9.17) is 9.47 Å². The molecule has 1 aliphatic heterocycles. The minimum Gasteiger partial charge on any atom is -0.388 e. The van der Waals surface area contributed by atoms with Gasteiger partial charge in [-0.2, -0.15) is 0 Å². The molecule has 0 aromatic carbocycles. The lowest BCUT2D eigenvalue weighted by Gasteiger charge is -2.35. The van der Waals surface area contributed by atoms with E-state index in [-0.39, 0.29) is 13.2 Å². The predicted octanol–water partition coefficient (Wildman–Crippen LogP) is 4.52. The summed E-state index contributed by atoms with van der Waals surface area (Å²) < 4.78 is 10.9. The summed E-state index contributed by atoms with van der Waals surface area (Å²) in [6.07, 6.45) is 18.9. The molecule has 0 spiro atoms. The van der Waals surface area contributed by atoms with Crippen molar-refractivity contribution in [2.75, 3.05) is 19.8 Å². The van der Waals surface area contributed by atoms with Gasteiger partial charge in [-0.05, 0) is 32.1 Å². The highest BCUT2D eigenvalue weighted by Gasteiger charge is 2.37. The highest BCUT2D eigenvalue weighted by Crippen LogP contribution is 2.16. The molecule has 4 atom stereocenters. The third kappa shape index (κ3) is 13.5. The summed E-state index contributed by atoms with van der Waals surface area (Å²) in [5.41, 5.74) is 0. The Hall–Kier alpha value is -0.460.